The zero-order valence-corrected chi connectivity index (χ0v) is 9.60. The van der Waals surface area contributed by atoms with Crippen molar-refractivity contribution in [3.8, 4) is 0 Å². The molecule has 1 heterocycles. The maximum Gasteiger partial charge on any atom is 0.342 e. The summed E-state index contributed by atoms with van der Waals surface area (Å²) in [7, 11) is -3.49. The Labute approximate surface area is 90.9 Å². The number of nitrogens with one attached hydrogen (secondary N) is 1. The van der Waals surface area contributed by atoms with Gasteiger partial charge in [-0.3, -0.25) is 8.98 Å². The molecule has 15 heavy (non-hydrogen) atoms. The van der Waals surface area contributed by atoms with Crippen molar-refractivity contribution >= 4 is 20.1 Å². The van der Waals surface area contributed by atoms with Crippen LogP contribution < -0.4 is 11.2 Å². The van der Waals surface area contributed by atoms with E-state index >= 15 is 0 Å². The number of H-pyrrole nitrogens is 1. The highest BCUT2D eigenvalue weighted by Gasteiger charge is 2.14. The van der Waals surface area contributed by atoms with Crippen LogP contribution in [-0.2, 0) is 24.3 Å². The summed E-state index contributed by atoms with van der Waals surface area (Å²) in [5, 5.41) is 0. The van der Waals surface area contributed by atoms with E-state index in [2.05, 4.69) is 16.2 Å². The fourth-order valence-corrected chi connectivity index (χ4v) is 2.51. The van der Waals surface area contributed by atoms with Crippen LogP contribution in [0, 0.1) is 0 Å². The third kappa shape index (κ3) is 2.74. The van der Waals surface area contributed by atoms with Crippen molar-refractivity contribution in [2.45, 2.75) is 13.3 Å². The second-order valence-corrected chi connectivity index (χ2v) is 5.39. The van der Waals surface area contributed by atoms with Crippen molar-refractivity contribution < 1.29 is 8.39 Å². The third-order valence-electron chi connectivity index (χ3n) is 1.48. The summed E-state index contributed by atoms with van der Waals surface area (Å²) in [5.41, 5.74) is -1.58. The van der Waals surface area contributed by atoms with Gasteiger partial charge in [0.2, 0.25) is 8.96 Å². The summed E-state index contributed by atoms with van der Waals surface area (Å²) in [6, 6.07) is 1.06. The summed E-state index contributed by atoms with van der Waals surface area (Å²) in [4.78, 5) is 24.7. The number of aromatic nitrogens is 2. The van der Waals surface area contributed by atoms with Crippen LogP contribution in [0.4, 0.5) is 0 Å². The van der Waals surface area contributed by atoms with Crippen LogP contribution in [0.5, 0.6) is 0 Å². The minimum absolute atomic E-state index is 0.128. The van der Waals surface area contributed by atoms with Crippen LogP contribution in [0.15, 0.2) is 21.9 Å². The molecule has 1 atom stereocenters. The summed E-state index contributed by atoms with van der Waals surface area (Å²) >= 11 is 4.60. The Morgan fingerprint density at radius 3 is 2.80 bits per heavy atom. The van der Waals surface area contributed by atoms with E-state index in [4.69, 9.17) is 4.18 Å². The lowest BCUT2D eigenvalue weighted by Gasteiger charge is -2.07. The third-order valence-corrected chi connectivity index (χ3v) is 3.47. The minimum Gasteiger partial charge on any atom is -0.313 e. The highest BCUT2D eigenvalue weighted by atomic mass is 32.8. The van der Waals surface area contributed by atoms with E-state index in [0.29, 0.717) is 10.4 Å². The maximum absolute atomic E-state index is 11.7. The van der Waals surface area contributed by atoms with Crippen molar-refractivity contribution in [3.63, 3.8) is 0 Å². The van der Waals surface area contributed by atoms with Crippen LogP contribution in [0.3, 0.4) is 0 Å². The first-order chi connectivity index (χ1) is 6.99. The molecular weight excluding hydrogens is 240 g/mol. The molecule has 1 aromatic heterocycles. The second kappa shape index (κ2) is 4.69. The molecule has 0 radical (unpaired) electrons. The number of hydrogen-bond donors (Lipinski definition) is 1. The van der Waals surface area contributed by atoms with Gasteiger partial charge in [0.05, 0.1) is 6.61 Å². The van der Waals surface area contributed by atoms with Gasteiger partial charge in [0.1, 0.15) is 0 Å². The van der Waals surface area contributed by atoms with Gasteiger partial charge in [-0.25, -0.2) is 9.00 Å². The Morgan fingerprint density at radius 2 is 2.27 bits per heavy atom. The SMILES string of the molecule is CCCOS(=O)(=S)n1c(=O)cc[nH]c1=O. The maximum atomic E-state index is 11.7. The van der Waals surface area contributed by atoms with Crippen LogP contribution in [0.2, 0.25) is 0 Å². The van der Waals surface area contributed by atoms with Gasteiger partial charge in [-0.15, -0.1) is 0 Å². The minimum atomic E-state index is -3.49. The average Bonchev–Trinajstić information content (AvgIpc) is 2.14. The molecule has 0 amide bonds. The van der Waals surface area contributed by atoms with Crippen LogP contribution in [0.25, 0.3) is 0 Å². The first-order valence-corrected chi connectivity index (χ1v) is 6.56. The Kier molecular flexibility index (Phi) is 3.77. The number of aromatic amines is 1. The van der Waals surface area contributed by atoms with Crippen molar-refractivity contribution in [3.05, 3.63) is 33.1 Å². The molecule has 0 aliphatic carbocycles. The van der Waals surface area contributed by atoms with E-state index in [-0.39, 0.29) is 6.61 Å². The van der Waals surface area contributed by atoms with Crippen LogP contribution in [0.1, 0.15) is 13.3 Å². The fraction of sp³-hybridized carbons (Fsp3) is 0.429. The van der Waals surface area contributed by atoms with Crippen molar-refractivity contribution in [1.29, 1.82) is 0 Å². The number of rotatable bonds is 4. The van der Waals surface area contributed by atoms with Gasteiger partial charge < -0.3 is 4.98 Å². The van der Waals surface area contributed by atoms with Gasteiger partial charge in [0.25, 0.3) is 5.56 Å². The van der Waals surface area contributed by atoms with Gasteiger partial charge in [-0.1, -0.05) is 6.92 Å². The normalized spacial score (nSPS) is 14.7. The quantitative estimate of drug-likeness (QED) is 0.771. The molecule has 1 aromatic rings. The molecule has 1 rings (SSSR count). The Balaban J connectivity index is 3.28. The highest BCUT2D eigenvalue weighted by molar-refractivity contribution is 8.29. The smallest absolute Gasteiger partial charge is 0.313 e. The fourth-order valence-electron chi connectivity index (χ4n) is 0.864. The summed E-state index contributed by atoms with van der Waals surface area (Å²) < 4.78 is 17.0. The van der Waals surface area contributed by atoms with Gasteiger partial charge in [-0.2, -0.15) is 3.97 Å². The largest absolute Gasteiger partial charge is 0.342 e. The number of hydrogen-bond acceptors (Lipinski definition) is 5. The van der Waals surface area contributed by atoms with Crippen LogP contribution in [-0.4, -0.2) is 19.8 Å². The van der Waals surface area contributed by atoms with Crippen LogP contribution >= 0.6 is 0 Å². The standard InChI is InChI=1S/C7H10N2O4S2/c1-2-5-13-15(12,14)9-6(10)3-4-8-7(9)11/h3-4H,2,5H2,1H3,(H,8,11). The molecule has 0 bridgehead atoms. The molecule has 0 aliphatic heterocycles. The average molecular weight is 250 g/mol. The molecule has 8 heteroatoms. The van der Waals surface area contributed by atoms with Gasteiger partial charge in [-0.05, 0) is 6.42 Å². The van der Waals surface area contributed by atoms with E-state index < -0.39 is 20.2 Å². The zero-order chi connectivity index (χ0) is 11.5. The predicted octanol–water partition coefficient (Wildman–Crippen LogP) is -0.612. The molecule has 1 unspecified atom stereocenters. The molecule has 0 aromatic carbocycles. The highest BCUT2D eigenvalue weighted by Crippen LogP contribution is 1.94. The zero-order valence-electron chi connectivity index (χ0n) is 7.97. The van der Waals surface area contributed by atoms with Crippen molar-refractivity contribution in [2.75, 3.05) is 6.61 Å². The van der Waals surface area contributed by atoms with E-state index in [9.17, 15) is 13.8 Å². The first kappa shape index (κ1) is 12.1. The molecule has 0 aliphatic rings. The molecular formula is C7H10N2O4S2. The molecule has 0 saturated carbocycles. The monoisotopic (exact) mass is 250 g/mol. The molecule has 0 saturated heterocycles. The Hall–Kier alpha value is -0.990. The first-order valence-electron chi connectivity index (χ1n) is 4.19. The van der Waals surface area contributed by atoms with Crippen molar-refractivity contribution in [1.82, 2.24) is 8.96 Å². The Morgan fingerprint density at radius 1 is 1.60 bits per heavy atom. The predicted molar refractivity (Wildman–Crippen MR) is 58.5 cm³/mol. The van der Waals surface area contributed by atoms with E-state index in [1.807, 2.05) is 0 Å². The summed E-state index contributed by atoms with van der Waals surface area (Å²) in [6.07, 6.45) is 1.75. The molecule has 6 nitrogen and oxygen atoms in total. The van der Waals surface area contributed by atoms with Gasteiger partial charge in [0, 0.05) is 23.5 Å². The van der Waals surface area contributed by atoms with Gasteiger partial charge in [0.15, 0.2) is 0 Å². The number of nitrogens with zero attached hydrogens (tertiary/aromatic N) is 1. The lowest BCUT2D eigenvalue weighted by molar-refractivity contribution is 0.340. The molecule has 0 fully saturated rings. The van der Waals surface area contributed by atoms with Crippen molar-refractivity contribution in [2.24, 2.45) is 0 Å². The second-order valence-electron chi connectivity index (χ2n) is 2.67. The van der Waals surface area contributed by atoms with Gasteiger partial charge >= 0.3 is 5.69 Å². The molecule has 0 spiro atoms. The summed E-state index contributed by atoms with van der Waals surface area (Å²) in [6.45, 7) is 1.92. The lowest BCUT2D eigenvalue weighted by atomic mass is 10.5. The Bertz CT molecular complexity index is 514. The topological polar surface area (TPSA) is 81.2 Å². The van der Waals surface area contributed by atoms with E-state index in [1.54, 1.807) is 6.92 Å². The molecule has 1 N–H and O–H groups in total. The summed E-state index contributed by atoms with van der Waals surface area (Å²) in [5.74, 6) is 0. The van der Waals surface area contributed by atoms with E-state index in [1.165, 1.54) is 0 Å². The lowest BCUT2D eigenvalue weighted by Crippen LogP contribution is -2.39. The molecule has 84 valence electrons. The van der Waals surface area contributed by atoms with E-state index in [0.717, 1.165) is 12.3 Å².